The van der Waals surface area contributed by atoms with Crippen LogP contribution in [0.1, 0.15) is 55.0 Å². The van der Waals surface area contributed by atoms with Crippen molar-refractivity contribution >= 4 is 104 Å². The molecule has 0 aliphatic carbocycles. The zero-order valence-electron chi connectivity index (χ0n) is 54.9. The lowest BCUT2D eigenvalue weighted by Crippen LogP contribution is -2.17. The summed E-state index contributed by atoms with van der Waals surface area (Å²) in [5.74, 6) is -4.03. The summed E-state index contributed by atoms with van der Waals surface area (Å²) in [6.45, 7) is 34.7. The Labute approximate surface area is 590 Å². The Hall–Kier alpha value is -12.5. The number of benzene rings is 4. The van der Waals surface area contributed by atoms with E-state index in [1.54, 1.807) is 12.1 Å². The summed E-state index contributed by atoms with van der Waals surface area (Å²) in [5.41, 5.74) is 8.01. The third kappa shape index (κ3) is 30.6. The minimum absolute atomic E-state index is 0.0141. The predicted octanol–water partition coefficient (Wildman–Crippen LogP) is 14.1. The quantitative estimate of drug-likeness (QED) is 0.0215. The van der Waals surface area contributed by atoms with E-state index in [4.69, 9.17) is 56.2 Å². The van der Waals surface area contributed by atoms with Crippen LogP contribution < -0.4 is 0 Å². The van der Waals surface area contributed by atoms with Crippen LogP contribution in [0.25, 0.3) is 33.1 Å². The van der Waals surface area contributed by atoms with E-state index in [9.17, 15) is 47.9 Å². The summed E-state index contributed by atoms with van der Waals surface area (Å²) < 4.78 is 60.4. The molecule has 8 aromatic rings. The average Bonchev–Trinajstić information content (AvgIpc) is 1.64. The van der Waals surface area contributed by atoms with E-state index in [1.165, 1.54) is 22.7 Å². The van der Waals surface area contributed by atoms with Crippen molar-refractivity contribution < 1.29 is 104 Å². The number of fused-ring (bicyclic) bond motifs is 3. The average molecular weight is 1410 g/mol. The first-order chi connectivity index (χ1) is 48.7. The molecule has 0 bridgehead atoms. The summed E-state index contributed by atoms with van der Waals surface area (Å²) in [5, 5.41) is 5.64. The lowest BCUT2D eigenvalue weighted by molar-refractivity contribution is -0.142. The predicted molar refractivity (Wildman–Crippen MR) is 378 cm³/mol. The fourth-order valence-electron chi connectivity index (χ4n) is 7.68. The molecule has 0 fully saturated rings. The van der Waals surface area contributed by atoms with E-state index in [0.29, 0.717) is 11.5 Å². The van der Waals surface area contributed by atoms with E-state index >= 15 is 0 Å². The minimum atomic E-state index is -0.527. The molecule has 22 nitrogen and oxygen atoms in total. The Morgan fingerprint density at radius 1 is 0.327 bits per heavy atom. The summed E-state index contributed by atoms with van der Waals surface area (Å²) in [6, 6.07) is 35.5. The second kappa shape index (κ2) is 45.1. The molecule has 0 saturated heterocycles. The van der Waals surface area contributed by atoms with Crippen molar-refractivity contribution in [1.29, 1.82) is 0 Å². The third-order valence-electron chi connectivity index (χ3n) is 12.8. The molecule has 0 atom stereocenters. The van der Waals surface area contributed by atoms with Gasteiger partial charge in [0.05, 0.1) is 5.92 Å². The molecule has 0 aliphatic rings. The molecule has 0 aliphatic heterocycles. The van der Waals surface area contributed by atoms with Gasteiger partial charge in [-0.3, -0.25) is 0 Å². The van der Waals surface area contributed by atoms with Gasteiger partial charge in [0.15, 0.2) is 0 Å². The number of ether oxygens (including phenoxy) is 10. The van der Waals surface area contributed by atoms with Crippen LogP contribution in [0.15, 0.2) is 261 Å². The molecule has 4 heterocycles. The summed E-state index contributed by atoms with van der Waals surface area (Å²) in [7, 11) is 0. The standard InChI is InChI=1S/C20H16O5.C20H18O4.C13H14O4S.C12H12O5.C12H12O4S/c1-3-19(21)23-11-13-5-7-17-15(9-13)16-10-14(6-8-18(16)25-17)12-24-20(22)4-2;1-3-19(21)23-13-15-5-9-17(10-6-15)18-11-7-16(8-12-18)14-24-20(22)4-2;1-3-12(14)16-7-11(8-17-13(15)4-2)10-5-6-18-9-10;2*1-3-11(13)15-7-9-5-6-10(17-9)8-16-12(14)4-2/h3-10H,1-2,11-12H2;3-12H,1-2,13-14H2;3-6,9,11H,1-2,7-8H2;2*3-6H,1-2,7-8H2. The summed E-state index contributed by atoms with van der Waals surface area (Å²) in [4.78, 5) is 112. The zero-order valence-corrected chi connectivity index (χ0v) is 56.5. The van der Waals surface area contributed by atoms with Crippen molar-refractivity contribution in [2.45, 2.75) is 58.8 Å². The Bertz CT molecular complexity index is 3890. The summed E-state index contributed by atoms with van der Waals surface area (Å²) in [6.07, 6.45) is 11.1. The fourth-order valence-corrected chi connectivity index (χ4v) is 9.27. The Morgan fingerprint density at radius 2 is 0.624 bits per heavy atom. The van der Waals surface area contributed by atoms with Gasteiger partial charge in [-0.15, -0.1) is 11.3 Å². The Kier molecular flexibility index (Phi) is 36.1. The van der Waals surface area contributed by atoms with E-state index in [0.717, 1.165) is 131 Å². The maximum absolute atomic E-state index is 11.2. The lowest BCUT2D eigenvalue weighted by atomic mass is 10.0. The SMILES string of the molecule is C=CC(=O)OCC(COC(=O)C=C)c1ccsc1.C=CC(=O)OCc1ccc(-c2ccc(COC(=O)C=C)cc2)cc1.C=CC(=O)OCc1ccc(COC(=O)C=C)o1.C=CC(=O)OCc1ccc(COC(=O)C=C)s1.C=CC(=O)OCc1ccc2oc3ccc(COC(=O)C=C)cc3c2c1. The molecule has 0 saturated carbocycles. The number of rotatable bonds is 32. The molecular weight excluding hydrogens is 1340 g/mol. The molecule has 4 aromatic carbocycles. The van der Waals surface area contributed by atoms with E-state index in [2.05, 4.69) is 65.8 Å². The topological polar surface area (TPSA) is 289 Å². The van der Waals surface area contributed by atoms with Gasteiger partial charge >= 0.3 is 59.7 Å². The molecule has 524 valence electrons. The maximum atomic E-state index is 11.2. The highest BCUT2D eigenvalue weighted by molar-refractivity contribution is 7.12. The van der Waals surface area contributed by atoms with Gasteiger partial charge in [-0.05, 0) is 104 Å². The zero-order chi connectivity index (χ0) is 73.9. The number of hydrogen-bond acceptors (Lipinski definition) is 24. The first kappa shape index (κ1) is 80.9. The van der Waals surface area contributed by atoms with Crippen LogP contribution >= 0.6 is 22.7 Å². The number of esters is 10. The van der Waals surface area contributed by atoms with Gasteiger partial charge in [0, 0.05) is 81.3 Å². The van der Waals surface area contributed by atoms with Crippen LogP contribution in [0.4, 0.5) is 0 Å². The van der Waals surface area contributed by atoms with Crippen molar-refractivity contribution in [3.63, 3.8) is 0 Å². The number of carbonyl (C=O) groups excluding carboxylic acids is 10. The Balaban J connectivity index is 0.000000271. The van der Waals surface area contributed by atoms with Crippen LogP contribution in [-0.2, 0) is 148 Å². The van der Waals surface area contributed by atoms with E-state index in [1.807, 2.05) is 114 Å². The summed E-state index contributed by atoms with van der Waals surface area (Å²) >= 11 is 2.94. The van der Waals surface area contributed by atoms with Crippen molar-refractivity contribution in [3.8, 4) is 11.1 Å². The molecule has 8 rings (SSSR count). The number of thiophene rings is 2. The van der Waals surface area contributed by atoms with Gasteiger partial charge in [0.1, 0.15) is 88.8 Å². The van der Waals surface area contributed by atoms with Gasteiger partial charge < -0.3 is 56.2 Å². The normalized spacial score (nSPS) is 9.87. The highest BCUT2D eigenvalue weighted by Crippen LogP contribution is 2.31. The van der Waals surface area contributed by atoms with Crippen LogP contribution in [0.2, 0.25) is 0 Å². The molecule has 4 aromatic heterocycles. The first-order valence-corrected chi connectivity index (χ1v) is 31.7. The third-order valence-corrected chi connectivity index (χ3v) is 14.5. The van der Waals surface area contributed by atoms with Crippen LogP contribution in [0.5, 0.6) is 0 Å². The van der Waals surface area contributed by atoms with Crippen molar-refractivity contribution in [3.05, 3.63) is 302 Å². The first-order valence-electron chi connectivity index (χ1n) is 29.9. The van der Waals surface area contributed by atoms with Crippen LogP contribution in [-0.4, -0.2) is 72.9 Å². The smallest absolute Gasteiger partial charge is 0.330 e. The van der Waals surface area contributed by atoms with Crippen molar-refractivity contribution in [2.75, 3.05) is 13.2 Å². The van der Waals surface area contributed by atoms with E-state index < -0.39 is 59.7 Å². The number of hydrogen-bond donors (Lipinski definition) is 0. The monoisotopic (exact) mass is 1410 g/mol. The lowest BCUT2D eigenvalue weighted by Gasteiger charge is -2.15. The largest absolute Gasteiger partial charge is 0.462 e. The molecule has 101 heavy (non-hydrogen) atoms. The highest BCUT2D eigenvalue weighted by Gasteiger charge is 2.17. The van der Waals surface area contributed by atoms with Gasteiger partial charge in [0.25, 0.3) is 0 Å². The molecule has 0 amide bonds. The molecular formula is C77H72O22S2. The molecule has 0 N–H and O–H groups in total. The molecule has 0 radical (unpaired) electrons. The highest BCUT2D eigenvalue weighted by atomic mass is 32.1. The number of carbonyl (C=O) groups is 10. The van der Waals surface area contributed by atoms with E-state index in [-0.39, 0.29) is 72.0 Å². The minimum Gasteiger partial charge on any atom is -0.462 e. The fraction of sp³-hybridized carbons (Fsp3) is 0.143. The van der Waals surface area contributed by atoms with Crippen LogP contribution in [0, 0.1) is 0 Å². The van der Waals surface area contributed by atoms with Crippen molar-refractivity contribution in [2.24, 2.45) is 0 Å². The second-order valence-electron chi connectivity index (χ2n) is 19.8. The molecule has 24 heteroatoms. The van der Waals surface area contributed by atoms with Gasteiger partial charge in [-0.1, -0.05) is 126 Å². The Morgan fingerprint density at radius 3 is 0.941 bits per heavy atom. The molecule has 0 unspecified atom stereocenters. The van der Waals surface area contributed by atoms with Crippen molar-refractivity contribution in [1.82, 2.24) is 0 Å². The van der Waals surface area contributed by atoms with Gasteiger partial charge in [0.2, 0.25) is 0 Å². The molecule has 0 spiro atoms. The van der Waals surface area contributed by atoms with Crippen LogP contribution in [0.3, 0.4) is 0 Å². The van der Waals surface area contributed by atoms with Gasteiger partial charge in [-0.25, -0.2) is 47.9 Å². The second-order valence-corrected chi connectivity index (χ2v) is 21.8. The van der Waals surface area contributed by atoms with Gasteiger partial charge in [-0.2, -0.15) is 11.3 Å². The maximum Gasteiger partial charge on any atom is 0.330 e. The number of furan rings is 2.